The highest BCUT2D eigenvalue weighted by atomic mass is 27.0. The molecule has 0 saturated heterocycles. The highest BCUT2D eigenvalue weighted by Gasteiger charge is 1.95. The van der Waals surface area contributed by atoms with Gasteiger partial charge >= 0.3 is 5.97 Å². The Morgan fingerprint density at radius 3 is 1.95 bits per heavy atom. The van der Waals surface area contributed by atoms with E-state index in [0.717, 1.165) is 44.9 Å². The number of hydrogen-bond donors (Lipinski definition) is 1. The number of carboxylic acid groups (broad SMARTS) is 1. The van der Waals surface area contributed by atoms with Gasteiger partial charge in [0.2, 0.25) is 0 Å². The van der Waals surface area contributed by atoms with Crippen LogP contribution in [0, 0.1) is 0 Å². The third-order valence-corrected chi connectivity index (χ3v) is 3.04. The third kappa shape index (κ3) is 21.7. The Bertz CT molecular complexity index is 306. The second-order valence-corrected chi connectivity index (χ2v) is 4.99. The van der Waals surface area contributed by atoms with E-state index < -0.39 is 5.97 Å². The first-order valence-electron chi connectivity index (χ1n) is 7.94. The molecule has 0 fully saturated rings. The Hall–Kier alpha value is -0.778. The minimum absolute atomic E-state index is 0. The summed E-state index contributed by atoms with van der Waals surface area (Å²) in [6, 6.07) is 0. The molecule has 0 heterocycles. The van der Waals surface area contributed by atoms with Crippen molar-refractivity contribution in [2.24, 2.45) is 0 Å². The van der Waals surface area contributed by atoms with E-state index >= 15 is 0 Å². The molecule has 3 heteroatoms. The SMILES string of the molecule is CC/C=C\C/C=C\C/C=C\CCCCCCCC(=O)O.[AlH3]. The monoisotopic (exact) mass is 308 g/mol. The molecule has 0 amide bonds. The molecule has 0 aliphatic carbocycles. The normalized spacial score (nSPS) is 11.5. The fourth-order valence-corrected chi connectivity index (χ4v) is 1.90. The molecule has 120 valence electrons. The Labute approximate surface area is 141 Å². The highest BCUT2D eigenvalue weighted by Crippen LogP contribution is 2.07. The molecule has 0 aromatic carbocycles. The summed E-state index contributed by atoms with van der Waals surface area (Å²) in [5.74, 6) is -0.675. The van der Waals surface area contributed by atoms with Gasteiger partial charge in [0.15, 0.2) is 17.4 Å². The van der Waals surface area contributed by atoms with Crippen LogP contribution in [0.4, 0.5) is 0 Å². The Morgan fingerprint density at radius 2 is 1.33 bits per heavy atom. The lowest BCUT2D eigenvalue weighted by atomic mass is 10.1. The number of carbonyl (C=O) groups is 1. The molecule has 0 unspecified atom stereocenters. The first-order chi connectivity index (χ1) is 9.77. The second-order valence-electron chi connectivity index (χ2n) is 4.99. The van der Waals surface area contributed by atoms with E-state index in [1.807, 2.05) is 0 Å². The predicted octanol–water partition coefficient (Wildman–Crippen LogP) is 4.48. The number of allylic oxidation sites excluding steroid dienone is 6. The smallest absolute Gasteiger partial charge is 0.303 e. The average molecular weight is 308 g/mol. The fourth-order valence-electron chi connectivity index (χ4n) is 1.90. The average Bonchev–Trinajstić information content (AvgIpc) is 2.43. The van der Waals surface area contributed by atoms with Crippen LogP contribution in [0.1, 0.15) is 71.1 Å². The molecule has 0 aliphatic rings. The molecule has 0 saturated carbocycles. The summed E-state index contributed by atoms with van der Waals surface area (Å²) < 4.78 is 0. The molecule has 0 aromatic rings. The fraction of sp³-hybridized carbons (Fsp3) is 0.611. The van der Waals surface area contributed by atoms with E-state index in [0.29, 0.717) is 6.42 Å². The maximum atomic E-state index is 10.3. The lowest BCUT2D eigenvalue weighted by molar-refractivity contribution is -0.137. The maximum Gasteiger partial charge on any atom is 0.303 e. The number of rotatable bonds is 13. The van der Waals surface area contributed by atoms with Gasteiger partial charge in [-0.25, -0.2) is 0 Å². The van der Waals surface area contributed by atoms with Crippen LogP contribution in [0.3, 0.4) is 0 Å². The van der Waals surface area contributed by atoms with Crippen LogP contribution < -0.4 is 0 Å². The summed E-state index contributed by atoms with van der Waals surface area (Å²) in [5.41, 5.74) is 0. The van der Waals surface area contributed by atoms with Crippen LogP contribution >= 0.6 is 0 Å². The minimum Gasteiger partial charge on any atom is -0.481 e. The van der Waals surface area contributed by atoms with Crippen molar-refractivity contribution < 1.29 is 9.90 Å². The van der Waals surface area contributed by atoms with Gasteiger partial charge in [0.1, 0.15) is 0 Å². The van der Waals surface area contributed by atoms with Crippen molar-refractivity contribution in [3.05, 3.63) is 36.5 Å². The standard InChI is InChI=1S/C18H30O2.Al.3H/c1-2-3-4-5-6-7-8-9-10-11-12-13-14-15-16-17-18(19)20;;;;/h3-4,6-7,9-10H,2,5,8,11-17H2,1H3,(H,19,20);;;;/b4-3-,7-6-,10-9-;;;;. The quantitative estimate of drug-likeness (QED) is 0.309. The van der Waals surface area contributed by atoms with E-state index in [2.05, 4.69) is 43.4 Å². The van der Waals surface area contributed by atoms with Gasteiger partial charge in [0, 0.05) is 6.42 Å². The molecule has 0 bridgehead atoms. The summed E-state index contributed by atoms with van der Waals surface area (Å²) in [4.78, 5) is 10.3. The first-order valence-corrected chi connectivity index (χ1v) is 7.94. The first kappa shape index (κ1) is 22.5. The summed E-state index contributed by atoms with van der Waals surface area (Å²) >= 11 is 0. The van der Waals surface area contributed by atoms with Crippen LogP contribution in [-0.4, -0.2) is 28.4 Å². The summed E-state index contributed by atoms with van der Waals surface area (Å²) in [5, 5.41) is 8.50. The summed E-state index contributed by atoms with van der Waals surface area (Å²) in [6.07, 6.45) is 23.4. The second kappa shape index (κ2) is 19.2. The van der Waals surface area contributed by atoms with Gasteiger partial charge in [0.05, 0.1) is 0 Å². The molecular weight excluding hydrogens is 275 g/mol. The molecule has 0 atom stereocenters. The van der Waals surface area contributed by atoms with E-state index in [4.69, 9.17) is 5.11 Å². The van der Waals surface area contributed by atoms with Crippen molar-refractivity contribution in [1.82, 2.24) is 0 Å². The Morgan fingerprint density at radius 1 is 0.810 bits per heavy atom. The van der Waals surface area contributed by atoms with Crippen molar-refractivity contribution in [3.8, 4) is 0 Å². The van der Waals surface area contributed by atoms with Gasteiger partial charge in [-0.15, -0.1) is 0 Å². The number of hydrogen-bond acceptors (Lipinski definition) is 1. The summed E-state index contributed by atoms with van der Waals surface area (Å²) in [7, 11) is 0. The van der Waals surface area contributed by atoms with Crippen LogP contribution in [0.25, 0.3) is 0 Å². The van der Waals surface area contributed by atoms with Gasteiger partial charge in [-0.3, -0.25) is 4.79 Å². The Balaban J connectivity index is 0. The lowest BCUT2D eigenvalue weighted by Gasteiger charge is -1.98. The number of unbranched alkanes of at least 4 members (excludes halogenated alkanes) is 5. The molecule has 0 rings (SSSR count). The lowest BCUT2D eigenvalue weighted by Crippen LogP contribution is -1.93. The van der Waals surface area contributed by atoms with E-state index in [9.17, 15) is 4.79 Å². The zero-order valence-corrected chi connectivity index (χ0v) is 12.9. The van der Waals surface area contributed by atoms with Crippen LogP contribution in [-0.2, 0) is 4.79 Å². The van der Waals surface area contributed by atoms with Gasteiger partial charge in [-0.05, 0) is 38.5 Å². The Kier molecular flexibility index (Phi) is 20.6. The van der Waals surface area contributed by atoms with Crippen molar-refractivity contribution >= 4 is 23.3 Å². The number of aliphatic carboxylic acids is 1. The van der Waals surface area contributed by atoms with Gasteiger partial charge in [0.25, 0.3) is 0 Å². The zero-order valence-electron chi connectivity index (χ0n) is 12.9. The maximum absolute atomic E-state index is 10.3. The molecule has 1 N–H and O–H groups in total. The van der Waals surface area contributed by atoms with E-state index in [1.165, 1.54) is 12.8 Å². The van der Waals surface area contributed by atoms with Crippen molar-refractivity contribution in [1.29, 1.82) is 0 Å². The summed E-state index contributed by atoms with van der Waals surface area (Å²) in [6.45, 7) is 2.15. The largest absolute Gasteiger partial charge is 0.481 e. The van der Waals surface area contributed by atoms with Crippen LogP contribution in [0.5, 0.6) is 0 Å². The predicted molar refractivity (Wildman–Crippen MR) is 96.8 cm³/mol. The molecule has 0 aromatic heterocycles. The van der Waals surface area contributed by atoms with Crippen molar-refractivity contribution in [2.45, 2.75) is 71.1 Å². The van der Waals surface area contributed by atoms with Crippen molar-refractivity contribution in [3.63, 3.8) is 0 Å². The van der Waals surface area contributed by atoms with Crippen LogP contribution in [0.2, 0.25) is 0 Å². The molecule has 0 spiro atoms. The van der Waals surface area contributed by atoms with Gasteiger partial charge < -0.3 is 5.11 Å². The van der Waals surface area contributed by atoms with E-state index in [-0.39, 0.29) is 17.4 Å². The minimum atomic E-state index is -0.675. The van der Waals surface area contributed by atoms with Crippen molar-refractivity contribution in [2.75, 3.05) is 0 Å². The molecule has 0 aliphatic heterocycles. The molecule has 2 nitrogen and oxygen atoms in total. The number of carboxylic acids is 1. The third-order valence-electron chi connectivity index (χ3n) is 3.04. The van der Waals surface area contributed by atoms with Gasteiger partial charge in [-0.2, -0.15) is 0 Å². The molecular formula is C18H33AlO2. The van der Waals surface area contributed by atoms with E-state index in [1.54, 1.807) is 0 Å². The topological polar surface area (TPSA) is 37.3 Å². The zero-order chi connectivity index (χ0) is 14.9. The molecule has 0 radical (unpaired) electrons. The van der Waals surface area contributed by atoms with Crippen LogP contribution in [0.15, 0.2) is 36.5 Å². The molecule has 21 heavy (non-hydrogen) atoms. The highest BCUT2D eigenvalue weighted by molar-refractivity contribution is 5.75. The van der Waals surface area contributed by atoms with Gasteiger partial charge in [-0.1, -0.05) is 62.6 Å².